The van der Waals surface area contributed by atoms with Gasteiger partial charge in [-0.05, 0) is 25.1 Å². The first-order valence-electron chi connectivity index (χ1n) is 10.2. The zero-order valence-electron chi connectivity index (χ0n) is 18.0. The van der Waals surface area contributed by atoms with Gasteiger partial charge in [-0.1, -0.05) is 11.8 Å². The summed E-state index contributed by atoms with van der Waals surface area (Å²) in [7, 11) is 0. The number of halogens is 3. The van der Waals surface area contributed by atoms with E-state index in [2.05, 4.69) is 27.0 Å². The number of rotatable bonds is 6. The Morgan fingerprint density at radius 2 is 2.03 bits per heavy atom. The van der Waals surface area contributed by atoms with Crippen LogP contribution in [0.4, 0.5) is 13.2 Å². The van der Waals surface area contributed by atoms with E-state index in [1.165, 1.54) is 21.9 Å². The lowest BCUT2D eigenvalue weighted by Gasteiger charge is -2.38. The summed E-state index contributed by atoms with van der Waals surface area (Å²) >= 11 is 0. The predicted octanol–water partition coefficient (Wildman–Crippen LogP) is 1.71. The molecular formula is C21H22F3N7O3. The molecule has 3 aromatic rings. The van der Waals surface area contributed by atoms with Crippen LogP contribution in [0.25, 0.3) is 17.0 Å². The minimum absolute atomic E-state index is 0.0283. The van der Waals surface area contributed by atoms with Crippen LogP contribution in [0.3, 0.4) is 0 Å². The summed E-state index contributed by atoms with van der Waals surface area (Å²) in [6.45, 7) is 5.11. The molecule has 10 nitrogen and oxygen atoms in total. The van der Waals surface area contributed by atoms with Crippen molar-refractivity contribution < 1.29 is 28.1 Å². The molecule has 2 aromatic heterocycles. The second-order valence-corrected chi connectivity index (χ2v) is 7.89. The fraction of sp³-hybridized carbons (Fsp3) is 0.333. The maximum absolute atomic E-state index is 13.6. The molecule has 3 heterocycles. The van der Waals surface area contributed by atoms with Crippen molar-refractivity contribution in [3.63, 3.8) is 0 Å². The highest BCUT2D eigenvalue weighted by Crippen LogP contribution is 2.37. The average molecular weight is 477 g/mol. The number of aliphatic hydroxyl groups excluding tert-OH is 2. The summed E-state index contributed by atoms with van der Waals surface area (Å²) in [5, 5.41) is 32.6. The SMILES string of the molecule is C=C(/C=C(\C)N)n1ncnc1C1CC(n2cc(-c3cc(F)c(F)c(F)c3)nn2)C(O)C(CO)O1. The summed E-state index contributed by atoms with van der Waals surface area (Å²) in [6.07, 6.45) is 1.49. The van der Waals surface area contributed by atoms with Gasteiger partial charge in [0.15, 0.2) is 23.3 Å². The number of nitrogens with two attached hydrogens (primary N) is 1. The number of allylic oxidation sites excluding steroid dienone is 3. The monoisotopic (exact) mass is 477 g/mol. The number of nitrogens with zero attached hydrogens (tertiary/aromatic N) is 6. The van der Waals surface area contributed by atoms with Gasteiger partial charge in [0, 0.05) is 17.7 Å². The molecule has 4 unspecified atom stereocenters. The third-order valence-corrected chi connectivity index (χ3v) is 5.41. The van der Waals surface area contributed by atoms with E-state index < -0.39 is 48.4 Å². The Hall–Kier alpha value is -3.55. The van der Waals surface area contributed by atoms with Crippen LogP contribution in [-0.4, -0.2) is 58.8 Å². The van der Waals surface area contributed by atoms with E-state index in [1.54, 1.807) is 13.0 Å². The highest BCUT2D eigenvalue weighted by Gasteiger charge is 2.41. The first kappa shape index (κ1) is 23.6. The second kappa shape index (κ2) is 9.37. The van der Waals surface area contributed by atoms with Crippen LogP contribution in [0.15, 0.2) is 43.0 Å². The van der Waals surface area contributed by atoms with E-state index in [0.717, 1.165) is 12.1 Å². The van der Waals surface area contributed by atoms with Crippen molar-refractivity contribution in [2.24, 2.45) is 5.73 Å². The zero-order chi connectivity index (χ0) is 24.6. The predicted molar refractivity (Wildman–Crippen MR) is 113 cm³/mol. The van der Waals surface area contributed by atoms with E-state index in [9.17, 15) is 23.4 Å². The lowest BCUT2D eigenvalue weighted by atomic mass is 9.95. The number of aromatic nitrogens is 6. The van der Waals surface area contributed by atoms with Crippen LogP contribution in [-0.2, 0) is 4.74 Å². The van der Waals surface area contributed by atoms with Crippen LogP contribution in [0.5, 0.6) is 0 Å². The normalized spacial score (nSPS) is 23.3. The van der Waals surface area contributed by atoms with Gasteiger partial charge < -0.3 is 20.7 Å². The summed E-state index contributed by atoms with van der Waals surface area (Å²) < 4.78 is 49.2. The van der Waals surface area contributed by atoms with Gasteiger partial charge in [0.05, 0.1) is 24.5 Å². The third-order valence-electron chi connectivity index (χ3n) is 5.41. The molecule has 0 amide bonds. The highest BCUT2D eigenvalue weighted by molar-refractivity contribution is 5.58. The van der Waals surface area contributed by atoms with E-state index in [0.29, 0.717) is 17.2 Å². The molecule has 4 rings (SSSR count). The quantitative estimate of drug-likeness (QED) is 0.361. The summed E-state index contributed by atoms with van der Waals surface area (Å²) in [4.78, 5) is 4.24. The standard InChI is InChI=1S/C21H22F3N7O3/c1-10(25)3-11(2)31-21(26-9-27-31)17-6-16(20(33)18(8-32)34-17)30-7-15(28-29-30)12-4-13(22)19(24)14(23)5-12/h3-5,7,9,16-18,20,32-33H,2,6,8,25H2,1H3/b10-3+. The molecule has 13 heteroatoms. The van der Waals surface area contributed by atoms with Gasteiger partial charge in [-0.15, -0.1) is 5.10 Å². The minimum Gasteiger partial charge on any atom is -0.402 e. The summed E-state index contributed by atoms with van der Waals surface area (Å²) in [5.74, 6) is -3.95. The maximum Gasteiger partial charge on any atom is 0.194 e. The van der Waals surface area contributed by atoms with Crippen LogP contribution in [0.1, 0.15) is 31.3 Å². The Bertz CT molecular complexity index is 1210. The van der Waals surface area contributed by atoms with Crippen LogP contribution < -0.4 is 5.73 Å². The van der Waals surface area contributed by atoms with Crippen molar-refractivity contribution in [2.45, 2.75) is 37.7 Å². The third kappa shape index (κ3) is 4.44. The number of benzene rings is 1. The van der Waals surface area contributed by atoms with Crippen molar-refractivity contribution in [3.05, 3.63) is 66.3 Å². The largest absolute Gasteiger partial charge is 0.402 e. The number of hydrogen-bond acceptors (Lipinski definition) is 8. The molecule has 34 heavy (non-hydrogen) atoms. The fourth-order valence-electron chi connectivity index (χ4n) is 3.83. The van der Waals surface area contributed by atoms with Crippen LogP contribution in [0.2, 0.25) is 0 Å². The van der Waals surface area contributed by atoms with Gasteiger partial charge in [-0.3, -0.25) is 0 Å². The maximum atomic E-state index is 13.6. The molecule has 1 fully saturated rings. The first-order chi connectivity index (χ1) is 16.2. The van der Waals surface area contributed by atoms with Gasteiger partial charge in [0.1, 0.15) is 30.3 Å². The molecule has 0 spiro atoms. The number of ether oxygens (including phenoxy) is 1. The molecule has 1 saturated heterocycles. The molecule has 1 aliphatic heterocycles. The topological polar surface area (TPSA) is 137 Å². The van der Waals surface area contributed by atoms with Gasteiger partial charge in [-0.2, -0.15) is 5.10 Å². The summed E-state index contributed by atoms with van der Waals surface area (Å²) in [5.41, 5.74) is 6.69. The Labute approximate surface area is 191 Å². The Kier molecular flexibility index (Phi) is 6.50. The Balaban J connectivity index is 1.65. The van der Waals surface area contributed by atoms with Crippen molar-refractivity contribution in [1.82, 2.24) is 29.8 Å². The lowest BCUT2D eigenvalue weighted by Crippen LogP contribution is -2.45. The molecular weight excluding hydrogens is 455 g/mol. The van der Waals surface area contributed by atoms with E-state index >= 15 is 0 Å². The van der Waals surface area contributed by atoms with Crippen LogP contribution >= 0.6 is 0 Å². The molecule has 180 valence electrons. The molecule has 0 aliphatic carbocycles. The lowest BCUT2D eigenvalue weighted by molar-refractivity contribution is -0.161. The smallest absolute Gasteiger partial charge is 0.194 e. The number of hydrogen-bond donors (Lipinski definition) is 3. The Morgan fingerprint density at radius 1 is 1.32 bits per heavy atom. The number of aliphatic hydroxyl groups is 2. The molecule has 0 bridgehead atoms. The fourth-order valence-corrected chi connectivity index (χ4v) is 3.83. The van der Waals surface area contributed by atoms with Gasteiger partial charge >= 0.3 is 0 Å². The summed E-state index contributed by atoms with van der Waals surface area (Å²) in [6, 6.07) is 0.846. The zero-order valence-corrected chi connectivity index (χ0v) is 18.0. The van der Waals surface area contributed by atoms with E-state index in [-0.39, 0.29) is 17.7 Å². The van der Waals surface area contributed by atoms with Crippen molar-refractivity contribution in [3.8, 4) is 11.3 Å². The second-order valence-electron chi connectivity index (χ2n) is 7.89. The molecule has 0 radical (unpaired) electrons. The molecule has 0 saturated carbocycles. The van der Waals surface area contributed by atoms with Gasteiger partial charge in [0.2, 0.25) is 0 Å². The van der Waals surface area contributed by atoms with Crippen LogP contribution in [0, 0.1) is 17.5 Å². The van der Waals surface area contributed by atoms with Crippen molar-refractivity contribution in [1.29, 1.82) is 0 Å². The molecule has 4 N–H and O–H groups in total. The Morgan fingerprint density at radius 3 is 2.68 bits per heavy atom. The highest BCUT2D eigenvalue weighted by atomic mass is 19.2. The molecule has 1 aliphatic rings. The van der Waals surface area contributed by atoms with Gasteiger partial charge in [-0.25, -0.2) is 27.5 Å². The minimum atomic E-state index is -1.59. The molecule has 4 atom stereocenters. The van der Waals surface area contributed by atoms with Gasteiger partial charge in [0.25, 0.3) is 0 Å². The van der Waals surface area contributed by atoms with Crippen molar-refractivity contribution in [2.75, 3.05) is 6.61 Å². The molecule has 1 aromatic carbocycles. The van der Waals surface area contributed by atoms with E-state index in [4.69, 9.17) is 10.5 Å². The van der Waals surface area contributed by atoms with Crippen molar-refractivity contribution >= 4 is 5.70 Å². The average Bonchev–Trinajstić information content (AvgIpc) is 3.47. The first-order valence-corrected chi connectivity index (χ1v) is 10.2. The van der Waals surface area contributed by atoms with E-state index in [1.807, 2.05) is 0 Å².